The van der Waals surface area contributed by atoms with Crippen molar-refractivity contribution in [3.05, 3.63) is 84.1 Å². The van der Waals surface area contributed by atoms with Crippen molar-refractivity contribution in [2.75, 3.05) is 13.7 Å². The largest absolute Gasteiger partial charge is 0.482 e. The molecule has 1 aromatic heterocycles. The standard InChI is InChI=1S/C26H20F3NO4/c1-16-24(30-25(34-16)18-6-10-21(11-7-18)26(27,28)29)20-5-3-4-19(14-20)17-8-12-22(13-9-17)33-15-23(31)32-2/h3-14H,15H2,1-2H3. The van der Waals surface area contributed by atoms with Crippen molar-refractivity contribution in [3.63, 3.8) is 0 Å². The van der Waals surface area contributed by atoms with E-state index in [0.717, 1.165) is 28.8 Å². The highest BCUT2D eigenvalue weighted by molar-refractivity contribution is 5.74. The molecular weight excluding hydrogens is 447 g/mol. The van der Waals surface area contributed by atoms with Crippen LogP contribution in [0.2, 0.25) is 0 Å². The van der Waals surface area contributed by atoms with E-state index in [1.54, 1.807) is 19.1 Å². The van der Waals surface area contributed by atoms with Crippen molar-refractivity contribution in [1.82, 2.24) is 4.98 Å². The number of ether oxygens (including phenoxy) is 2. The Morgan fingerprint density at radius 2 is 1.56 bits per heavy atom. The lowest BCUT2D eigenvalue weighted by Gasteiger charge is -2.07. The molecule has 0 saturated heterocycles. The second-order valence-electron chi connectivity index (χ2n) is 7.47. The first-order valence-corrected chi connectivity index (χ1v) is 10.3. The summed E-state index contributed by atoms with van der Waals surface area (Å²) in [5, 5.41) is 0. The Morgan fingerprint density at radius 3 is 2.21 bits per heavy atom. The zero-order chi connectivity index (χ0) is 24.3. The summed E-state index contributed by atoms with van der Waals surface area (Å²) < 4.78 is 54.2. The number of alkyl halides is 3. The van der Waals surface area contributed by atoms with Crippen LogP contribution in [0.1, 0.15) is 11.3 Å². The van der Waals surface area contributed by atoms with Gasteiger partial charge in [-0.1, -0.05) is 30.3 Å². The number of rotatable bonds is 6. The second kappa shape index (κ2) is 9.43. The summed E-state index contributed by atoms with van der Waals surface area (Å²) in [7, 11) is 1.30. The molecule has 0 aliphatic heterocycles. The number of aromatic nitrogens is 1. The lowest BCUT2D eigenvalue weighted by molar-refractivity contribution is -0.143. The third-order valence-corrected chi connectivity index (χ3v) is 5.16. The van der Waals surface area contributed by atoms with Crippen molar-refractivity contribution in [2.24, 2.45) is 0 Å². The summed E-state index contributed by atoms with van der Waals surface area (Å²) in [6.45, 7) is 1.59. The highest BCUT2D eigenvalue weighted by Gasteiger charge is 2.30. The van der Waals surface area contributed by atoms with Gasteiger partial charge in [-0.15, -0.1) is 0 Å². The normalized spacial score (nSPS) is 11.3. The molecule has 0 bridgehead atoms. The zero-order valence-corrected chi connectivity index (χ0v) is 18.3. The van der Waals surface area contributed by atoms with Crippen LogP contribution in [-0.2, 0) is 15.7 Å². The second-order valence-corrected chi connectivity index (χ2v) is 7.47. The summed E-state index contributed by atoms with van der Waals surface area (Å²) >= 11 is 0. The highest BCUT2D eigenvalue weighted by atomic mass is 19.4. The Bertz CT molecular complexity index is 1290. The molecule has 4 aromatic rings. The number of aryl methyl sites for hydroxylation is 1. The van der Waals surface area contributed by atoms with Crippen LogP contribution in [0, 0.1) is 6.92 Å². The van der Waals surface area contributed by atoms with Crippen LogP contribution in [0.4, 0.5) is 13.2 Å². The smallest absolute Gasteiger partial charge is 0.416 e. The van der Waals surface area contributed by atoms with Crippen LogP contribution < -0.4 is 4.74 Å². The van der Waals surface area contributed by atoms with Gasteiger partial charge in [0.2, 0.25) is 5.89 Å². The van der Waals surface area contributed by atoms with Gasteiger partial charge in [-0.05, 0) is 60.5 Å². The van der Waals surface area contributed by atoms with Crippen molar-refractivity contribution >= 4 is 5.97 Å². The number of esters is 1. The summed E-state index contributed by atoms with van der Waals surface area (Å²) in [5.74, 6) is 0.881. The van der Waals surface area contributed by atoms with Gasteiger partial charge in [-0.2, -0.15) is 13.2 Å². The third kappa shape index (κ3) is 5.11. The minimum atomic E-state index is -4.40. The number of methoxy groups -OCH3 is 1. The fourth-order valence-corrected chi connectivity index (χ4v) is 3.38. The minimum absolute atomic E-state index is 0.169. The van der Waals surface area contributed by atoms with E-state index < -0.39 is 17.7 Å². The summed E-state index contributed by atoms with van der Waals surface area (Å²) in [5.41, 5.74) is 3.00. The topological polar surface area (TPSA) is 61.6 Å². The number of oxazole rings is 1. The molecule has 34 heavy (non-hydrogen) atoms. The molecule has 174 valence electrons. The van der Waals surface area contributed by atoms with Gasteiger partial charge in [0.1, 0.15) is 17.2 Å². The number of hydrogen-bond donors (Lipinski definition) is 0. The summed E-state index contributed by atoms with van der Waals surface area (Å²) in [6, 6.07) is 19.6. The van der Waals surface area contributed by atoms with Gasteiger partial charge in [0, 0.05) is 11.1 Å². The Hall–Kier alpha value is -4.07. The minimum Gasteiger partial charge on any atom is -0.482 e. The Morgan fingerprint density at radius 1 is 0.912 bits per heavy atom. The molecule has 0 aliphatic carbocycles. The van der Waals surface area contributed by atoms with Crippen LogP contribution >= 0.6 is 0 Å². The maximum atomic E-state index is 12.8. The first-order chi connectivity index (χ1) is 16.2. The van der Waals surface area contributed by atoms with E-state index >= 15 is 0 Å². The summed E-state index contributed by atoms with van der Waals surface area (Å²) in [4.78, 5) is 15.7. The van der Waals surface area contributed by atoms with Crippen molar-refractivity contribution in [1.29, 1.82) is 0 Å². The average molecular weight is 467 g/mol. The molecule has 0 fully saturated rings. The van der Waals surface area contributed by atoms with Crippen molar-refractivity contribution in [2.45, 2.75) is 13.1 Å². The van der Waals surface area contributed by atoms with Crippen LogP contribution in [-0.4, -0.2) is 24.7 Å². The van der Waals surface area contributed by atoms with Crippen LogP contribution in [0.25, 0.3) is 33.8 Å². The number of nitrogens with zero attached hydrogens (tertiary/aromatic N) is 1. The SMILES string of the molecule is COC(=O)COc1ccc(-c2cccc(-c3nc(-c4ccc(C(F)(F)F)cc4)oc3C)c2)cc1. The zero-order valence-electron chi connectivity index (χ0n) is 18.3. The van der Waals surface area contributed by atoms with E-state index in [9.17, 15) is 18.0 Å². The summed E-state index contributed by atoms with van der Waals surface area (Å²) in [6.07, 6.45) is -4.40. The fourth-order valence-electron chi connectivity index (χ4n) is 3.38. The average Bonchev–Trinajstić information content (AvgIpc) is 3.24. The third-order valence-electron chi connectivity index (χ3n) is 5.16. The number of hydrogen-bond acceptors (Lipinski definition) is 5. The monoisotopic (exact) mass is 467 g/mol. The van der Waals surface area contributed by atoms with Crippen LogP contribution in [0.5, 0.6) is 5.75 Å². The molecule has 0 radical (unpaired) electrons. The van der Waals surface area contributed by atoms with Gasteiger partial charge >= 0.3 is 12.1 Å². The molecule has 5 nitrogen and oxygen atoms in total. The van der Waals surface area contributed by atoms with Crippen molar-refractivity contribution < 1.29 is 31.9 Å². The van der Waals surface area contributed by atoms with Crippen LogP contribution in [0.15, 0.2) is 77.2 Å². The van der Waals surface area contributed by atoms with E-state index in [4.69, 9.17) is 9.15 Å². The molecule has 0 aliphatic rings. The molecule has 1 heterocycles. The molecule has 4 rings (SSSR count). The fraction of sp³-hybridized carbons (Fsp3) is 0.154. The predicted octanol–water partition coefficient (Wildman–Crippen LogP) is 6.55. The molecular formula is C26H20F3NO4. The Labute approximate surface area is 193 Å². The lowest BCUT2D eigenvalue weighted by Crippen LogP contribution is -2.12. The van der Waals surface area contributed by atoms with E-state index in [-0.39, 0.29) is 12.5 Å². The molecule has 0 N–H and O–H groups in total. The molecule has 0 atom stereocenters. The van der Waals surface area contributed by atoms with Gasteiger partial charge in [-0.3, -0.25) is 0 Å². The maximum absolute atomic E-state index is 12.8. The maximum Gasteiger partial charge on any atom is 0.416 e. The van der Waals surface area contributed by atoms with E-state index in [1.807, 2.05) is 36.4 Å². The Balaban J connectivity index is 1.56. The predicted molar refractivity (Wildman–Crippen MR) is 120 cm³/mol. The van der Waals surface area contributed by atoms with E-state index in [0.29, 0.717) is 22.8 Å². The molecule has 0 unspecified atom stereocenters. The first-order valence-electron chi connectivity index (χ1n) is 10.3. The molecule has 0 amide bonds. The number of carbonyl (C=O) groups is 1. The number of carbonyl (C=O) groups excluding carboxylic acids is 1. The van der Waals surface area contributed by atoms with Gasteiger partial charge in [-0.25, -0.2) is 9.78 Å². The molecule has 0 saturated carbocycles. The molecule has 8 heteroatoms. The number of benzene rings is 3. The van der Waals surface area contributed by atoms with Crippen molar-refractivity contribution in [3.8, 4) is 39.6 Å². The van der Waals surface area contributed by atoms with E-state index in [1.165, 1.54) is 19.2 Å². The number of halogens is 3. The van der Waals surface area contributed by atoms with Crippen LogP contribution in [0.3, 0.4) is 0 Å². The highest BCUT2D eigenvalue weighted by Crippen LogP contribution is 2.34. The molecule has 3 aromatic carbocycles. The first kappa shape index (κ1) is 23.1. The lowest BCUT2D eigenvalue weighted by atomic mass is 10.0. The van der Waals surface area contributed by atoms with Gasteiger partial charge < -0.3 is 13.9 Å². The quantitative estimate of drug-likeness (QED) is 0.301. The van der Waals surface area contributed by atoms with Gasteiger partial charge in [0.05, 0.1) is 12.7 Å². The Kier molecular flexibility index (Phi) is 6.40. The van der Waals surface area contributed by atoms with Gasteiger partial charge in [0.25, 0.3) is 0 Å². The van der Waals surface area contributed by atoms with E-state index in [2.05, 4.69) is 9.72 Å². The molecule has 0 spiro atoms. The van der Waals surface area contributed by atoms with Gasteiger partial charge in [0.15, 0.2) is 6.61 Å².